The highest BCUT2D eigenvalue weighted by Gasteiger charge is 2.31. The van der Waals surface area contributed by atoms with Gasteiger partial charge >= 0.3 is 0 Å². The van der Waals surface area contributed by atoms with Crippen molar-refractivity contribution < 1.29 is 17.9 Å². The quantitative estimate of drug-likeness (QED) is 0.417. The van der Waals surface area contributed by atoms with E-state index in [1.54, 1.807) is 48.5 Å². The first kappa shape index (κ1) is 23.0. The van der Waals surface area contributed by atoms with Gasteiger partial charge in [0.2, 0.25) is 0 Å². The number of carbonyl (C=O) groups is 1. The van der Waals surface area contributed by atoms with E-state index >= 15 is 0 Å². The Morgan fingerprint density at radius 3 is 2.26 bits per heavy atom. The van der Waals surface area contributed by atoms with E-state index in [9.17, 15) is 13.2 Å². The molecule has 0 aliphatic carbocycles. The Balaban J connectivity index is 1.94. The van der Waals surface area contributed by atoms with Gasteiger partial charge in [0.1, 0.15) is 5.75 Å². The third-order valence-electron chi connectivity index (χ3n) is 4.72. The molecule has 3 rings (SSSR count). The highest BCUT2D eigenvalue weighted by Crippen LogP contribution is 2.30. The van der Waals surface area contributed by atoms with Crippen LogP contribution in [-0.2, 0) is 14.8 Å². The molecule has 0 aliphatic heterocycles. The van der Waals surface area contributed by atoms with Gasteiger partial charge in [0.05, 0.1) is 10.6 Å². The Hall–Kier alpha value is -2.64. The van der Waals surface area contributed by atoms with E-state index in [-0.39, 0.29) is 16.5 Å². The van der Waals surface area contributed by atoms with Crippen molar-refractivity contribution in [3.8, 4) is 5.75 Å². The van der Waals surface area contributed by atoms with Gasteiger partial charge in [-0.25, -0.2) is 8.42 Å². The second kappa shape index (κ2) is 9.66. The molecular weight excluding hydrogens is 478 g/mol. The van der Waals surface area contributed by atoms with Crippen molar-refractivity contribution in [1.82, 2.24) is 0 Å². The van der Waals surface area contributed by atoms with Crippen LogP contribution < -0.4 is 9.04 Å². The second-order valence-corrected chi connectivity index (χ2v) is 10.1. The third kappa shape index (κ3) is 5.35. The van der Waals surface area contributed by atoms with Crippen LogP contribution in [0.4, 0.5) is 5.69 Å². The lowest BCUT2D eigenvalue weighted by Crippen LogP contribution is -2.40. The molecule has 5 nitrogen and oxygen atoms in total. The molecular formula is C24H24BrNO4S. The summed E-state index contributed by atoms with van der Waals surface area (Å²) in [6.45, 7) is 5.50. The lowest BCUT2D eigenvalue weighted by Gasteiger charge is -2.23. The molecule has 0 atom stereocenters. The molecule has 0 fully saturated rings. The van der Waals surface area contributed by atoms with E-state index in [2.05, 4.69) is 15.9 Å². The van der Waals surface area contributed by atoms with Crippen LogP contribution >= 0.6 is 15.9 Å². The molecule has 0 bridgehead atoms. The number of ether oxygens (including phenoxy) is 1. The number of hydrogen-bond donors (Lipinski definition) is 0. The van der Waals surface area contributed by atoms with Crippen molar-refractivity contribution in [3.05, 3.63) is 88.4 Å². The third-order valence-corrected chi connectivity index (χ3v) is 6.98. The summed E-state index contributed by atoms with van der Waals surface area (Å²) < 4.78 is 34.2. The van der Waals surface area contributed by atoms with Crippen LogP contribution in [0.1, 0.15) is 30.9 Å². The van der Waals surface area contributed by atoms with Crippen molar-refractivity contribution in [2.75, 3.05) is 10.9 Å². The zero-order chi connectivity index (χ0) is 22.6. The van der Waals surface area contributed by atoms with Gasteiger partial charge in [0.15, 0.2) is 6.61 Å². The Labute approximate surface area is 191 Å². The number of amides is 1. The van der Waals surface area contributed by atoms with Crippen molar-refractivity contribution in [3.63, 3.8) is 0 Å². The first-order valence-corrected chi connectivity index (χ1v) is 12.1. The van der Waals surface area contributed by atoms with Gasteiger partial charge in [-0.3, -0.25) is 4.79 Å². The molecule has 0 spiro atoms. The Kier molecular flexibility index (Phi) is 7.18. The fourth-order valence-electron chi connectivity index (χ4n) is 3.10. The van der Waals surface area contributed by atoms with Crippen LogP contribution in [0.25, 0.3) is 0 Å². The van der Waals surface area contributed by atoms with Crippen LogP contribution in [0, 0.1) is 6.92 Å². The first-order valence-electron chi connectivity index (χ1n) is 9.82. The molecule has 0 radical (unpaired) electrons. The number of para-hydroxylation sites is 1. The largest absolute Gasteiger partial charge is 0.483 e. The fourth-order valence-corrected chi connectivity index (χ4v) is 4.89. The van der Waals surface area contributed by atoms with Crippen LogP contribution in [0.5, 0.6) is 5.75 Å². The number of anilines is 1. The monoisotopic (exact) mass is 501 g/mol. The Morgan fingerprint density at radius 2 is 1.65 bits per heavy atom. The normalized spacial score (nSPS) is 11.4. The summed E-state index contributed by atoms with van der Waals surface area (Å²) in [5, 5.41) is 0. The maximum atomic E-state index is 13.4. The lowest BCUT2D eigenvalue weighted by molar-refractivity contribution is -0.119. The van der Waals surface area contributed by atoms with Crippen molar-refractivity contribution in [2.45, 2.75) is 31.6 Å². The minimum Gasteiger partial charge on any atom is -0.483 e. The summed E-state index contributed by atoms with van der Waals surface area (Å²) in [5.74, 6) is 0.0424. The van der Waals surface area contributed by atoms with E-state index in [1.807, 2.05) is 32.9 Å². The zero-order valence-electron chi connectivity index (χ0n) is 17.6. The molecule has 0 aromatic heterocycles. The molecule has 0 saturated carbocycles. The number of carbonyl (C=O) groups excluding carboxylic acids is 1. The molecule has 31 heavy (non-hydrogen) atoms. The lowest BCUT2D eigenvalue weighted by atomic mass is 10.0. The number of hydrogen-bond acceptors (Lipinski definition) is 4. The fraction of sp³-hybridized carbons (Fsp3) is 0.208. The molecule has 162 valence electrons. The minimum absolute atomic E-state index is 0.0433. The molecule has 1 amide bonds. The van der Waals surface area contributed by atoms with Crippen LogP contribution in [0.15, 0.2) is 82.2 Å². The summed E-state index contributed by atoms with van der Waals surface area (Å²) in [7, 11) is -4.11. The first-order chi connectivity index (χ1) is 14.7. The maximum Gasteiger partial charge on any atom is 0.278 e. The average Bonchev–Trinajstić information content (AvgIpc) is 2.73. The van der Waals surface area contributed by atoms with Gasteiger partial charge in [-0.05, 0) is 60.9 Å². The SMILES string of the molecule is Cc1ccc(S(=O)(=O)N(C(=O)COc2ccc(Br)cc2C(C)C)c2ccccc2)cc1. The van der Waals surface area contributed by atoms with Crippen molar-refractivity contribution >= 4 is 37.5 Å². The molecule has 0 saturated heterocycles. The number of halogens is 1. The van der Waals surface area contributed by atoms with Crippen LogP contribution in [0.2, 0.25) is 0 Å². The number of benzene rings is 3. The van der Waals surface area contributed by atoms with Crippen molar-refractivity contribution in [2.24, 2.45) is 0 Å². The predicted molar refractivity (Wildman–Crippen MR) is 126 cm³/mol. The average molecular weight is 502 g/mol. The molecule has 7 heteroatoms. The number of nitrogens with zero attached hydrogens (tertiary/aromatic N) is 1. The number of aryl methyl sites for hydroxylation is 1. The molecule has 3 aromatic carbocycles. The topological polar surface area (TPSA) is 63.7 Å². The predicted octanol–water partition coefficient (Wildman–Crippen LogP) is 5.68. The van der Waals surface area contributed by atoms with E-state index in [0.717, 1.165) is 19.9 Å². The number of sulfonamides is 1. The molecule has 3 aromatic rings. The van der Waals surface area contributed by atoms with Gasteiger partial charge in [-0.2, -0.15) is 4.31 Å². The minimum atomic E-state index is -4.11. The molecule has 0 aliphatic rings. The van der Waals surface area contributed by atoms with Crippen molar-refractivity contribution in [1.29, 1.82) is 0 Å². The summed E-state index contributed by atoms with van der Waals surface area (Å²) in [6, 6.07) is 20.2. The van der Waals surface area contributed by atoms with Crippen LogP contribution in [-0.4, -0.2) is 20.9 Å². The van der Waals surface area contributed by atoms with E-state index in [0.29, 0.717) is 5.75 Å². The van der Waals surface area contributed by atoms with E-state index < -0.39 is 22.5 Å². The van der Waals surface area contributed by atoms with Gasteiger partial charge in [-0.15, -0.1) is 0 Å². The summed E-state index contributed by atoms with van der Waals surface area (Å²) in [6.07, 6.45) is 0. The zero-order valence-corrected chi connectivity index (χ0v) is 20.0. The summed E-state index contributed by atoms with van der Waals surface area (Å²) in [4.78, 5) is 13.2. The van der Waals surface area contributed by atoms with Gasteiger partial charge < -0.3 is 4.74 Å². The van der Waals surface area contributed by atoms with Gasteiger partial charge in [-0.1, -0.05) is 65.7 Å². The highest BCUT2D eigenvalue weighted by molar-refractivity contribution is 9.10. The molecule has 0 unspecified atom stereocenters. The van der Waals surface area contributed by atoms with E-state index in [1.165, 1.54) is 12.1 Å². The van der Waals surface area contributed by atoms with E-state index in [4.69, 9.17) is 4.74 Å². The highest BCUT2D eigenvalue weighted by atomic mass is 79.9. The Morgan fingerprint density at radius 1 is 1.00 bits per heavy atom. The van der Waals surface area contributed by atoms with Gasteiger partial charge in [0, 0.05) is 4.47 Å². The second-order valence-electron chi connectivity index (χ2n) is 7.44. The number of rotatable bonds is 7. The van der Waals surface area contributed by atoms with Crippen LogP contribution in [0.3, 0.4) is 0 Å². The summed E-state index contributed by atoms with van der Waals surface area (Å²) >= 11 is 3.45. The smallest absolute Gasteiger partial charge is 0.278 e. The maximum absolute atomic E-state index is 13.4. The molecule has 0 N–H and O–H groups in total. The summed E-state index contributed by atoms with van der Waals surface area (Å²) in [5.41, 5.74) is 2.11. The van der Waals surface area contributed by atoms with Gasteiger partial charge in [0.25, 0.3) is 15.9 Å². The Bertz CT molecular complexity index is 1160. The standard InChI is InChI=1S/C24H24BrNO4S/c1-17(2)22-15-19(25)11-14-23(22)30-16-24(27)26(20-7-5-4-6-8-20)31(28,29)21-12-9-18(3)10-13-21/h4-15,17H,16H2,1-3H3. The molecule has 0 heterocycles.